The van der Waals surface area contributed by atoms with Crippen LogP contribution in [0.5, 0.6) is 0 Å². The molecule has 0 bridgehead atoms. The second-order valence-electron chi connectivity index (χ2n) is 7.43. The zero-order chi connectivity index (χ0) is 20.7. The van der Waals surface area contributed by atoms with E-state index in [2.05, 4.69) is 0 Å². The Morgan fingerprint density at radius 1 is 1.04 bits per heavy atom. The fourth-order valence-corrected chi connectivity index (χ4v) is 2.74. The third-order valence-electron chi connectivity index (χ3n) is 4.03. The van der Waals surface area contributed by atoms with Crippen LogP contribution in [0.1, 0.15) is 33.3 Å². The van der Waals surface area contributed by atoms with Gasteiger partial charge in [0.15, 0.2) is 6.04 Å². The molecule has 0 saturated carbocycles. The average Bonchev–Trinajstić information content (AvgIpc) is 2.65. The van der Waals surface area contributed by atoms with Crippen molar-refractivity contribution in [1.29, 1.82) is 0 Å². The molecule has 1 aliphatic rings. The van der Waals surface area contributed by atoms with Gasteiger partial charge in [-0.25, -0.2) is 14.4 Å². The Balaban J connectivity index is 2.03. The van der Waals surface area contributed by atoms with Gasteiger partial charge in [0.1, 0.15) is 12.2 Å². The molecule has 0 unspecified atom stereocenters. The molecule has 1 heterocycles. The van der Waals surface area contributed by atoms with Crippen LogP contribution in [0.2, 0.25) is 0 Å². The lowest BCUT2D eigenvalue weighted by atomic mass is 10.1. The Morgan fingerprint density at radius 3 is 2.32 bits per heavy atom. The van der Waals surface area contributed by atoms with Gasteiger partial charge >= 0.3 is 18.2 Å². The van der Waals surface area contributed by atoms with Gasteiger partial charge in [-0.05, 0) is 33.3 Å². The second kappa shape index (κ2) is 9.43. The summed E-state index contributed by atoms with van der Waals surface area (Å²) in [5.41, 5.74) is 0.173. The van der Waals surface area contributed by atoms with E-state index in [1.165, 1.54) is 9.80 Å². The minimum atomic E-state index is -0.937. The molecule has 0 radical (unpaired) electrons. The van der Waals surface area contributed by atoms with Gasteiger partial charge in [-0.1, -0.05) is 30.3 Å². The summed E-state index contributed by atoms with van der Waals surface area (Å²) in [4.78, 5) is 40.0. The van der Waals surface area contributed by atoms with Gasteiger partial charge in [-0.3, -0.25) is 4.90 Å². The first-order chi connectivity index (χ1) is 13.2. The van der Waals surface area contributed by atoms with E-state index >= 15 is 0 Å². The van der Waals surface area contributed by atoms with E-state index < -0.39 is 29.8 Å². The number of esters is 1. The molecule has 1 aliphatic heterocycles. The van der Waals surface area contributed by atoms with Gasteiger partial charge in [0.25, 0.3) is 0 Å². The lowest BCUT2D eigenvalue weighted by molar-refractivity contribution is -0.151. The molecular formula is C20H28N2O6. The summed E-state index contributed by atoms with van der Waals surface area (Å²) >= 11 is 0. The third kappa shape index (κ3) is 6.14. The summed E-state index contributed by atoms with van der Waals surface area (Å²) in [6.07, 6.45) is -1.15. The Labute approximate surface area is 165 Å². The number of hydrogen-bond acceptors (Lipinski definition) is 6. The van der Waals surface area contributed by atoms with Gasteiger partial charge in [-0.2, -0.15) is 0 Å². The smallest absolute Gasteiger partial charge is 0.411 e. The van der Waals surface area contributed by atoms with Crippen molar-refractivity contribution >= 4 is 18.2 Å². The number of amides is 2. The van der Waals surface area contributed by atoms with Crippen LogP contribution in [0.15, 0.2) is 30.3 Å². The second-order valence-corrected chi connectivity index (χ2v) is 7.43. The molecule has 28 heavy (non-hydrogen) atoms. The molecule has 0 spiro atoms. The molecule has 8 nitrogen and oxygen atoms in total. The van der Waals surface area contributed by atoms with Crippen molar-refractivity contribution in [2.75, 3.05) is 26.2 Å². The number of rotatable bonds is 4. The highest BCUT2D eigenvalue weighted by molar-refractivity contribution is 5.83. The third-order valence-corrected chi connectivity index (χ3v) is 4.03. The Kier molecular flexibility index (Phi) is 7.25. The van der Waals surface area contributed by atoms with E-state index in [0.29, 0.717) is 0 Å². The molecule has 1 aromatic carbocycles. The summed E-state index contributed by atoms with van der Waals surface area (Å²) in [5.74, 6) is -0.575. The maximum Gasteiger partial charge on any atom is 0.411 e. The van der Waals surface area contributed by atoms with E-state index in [4.69, 9.17) is 14.2 Å². The topological polar surface area (TPSA) is 85.4 Å². The largest absolute Gasteiger partial charge is 0.464 e. The van der Waals surface area contributed by atoms with Gasteiger partial charge in [0, 0.05) is 13.1 Å². The van der Waals surface area contributed by atoms with Crippen LogP contribution in [0, 0.1) is 0 Å². The number of ether oxygens (including phenoxy) is 3. The molecule has 2 amide bonds. The number of carbonyl (C=O) groups is 3. The molecule has 0 aromatic heterocycles. The fourth-order valence-electron chi connectivity index (χ4n) is 2.74. The van der Waals surface area contributed by atoms with Crippen LogP contribution in [0.25, 0.3) is 0 Å². The number of carbonyl (C=O) groups excluding carboxylic acids is 3. The first kappa shape index (κ1) is 21.5. The summed E-state index contributed by atoms with van der Waals surface area (Å²) in [6, 6.07) is 8.38. The average molecular weight is 392 g/mol. The molecule has 0 aliphatic carbocycles. The Hall–Kier alpha value is -2.77. The maximum atomic E-state index is 12.5. The van der Waals surface area contributed by atoms with Crippen LogP contribution < -0.4 is 0 Å². The Morgan fingerprint density at radius 2 is 1.71 bits per heavy atom. The first-order valence-corrected chi connectivity index (χ1v) is 9.33. The van der Waals surface area contributed by atoms with Crippen LogP contribution in [-0.2, 0) is 25.6 Å². The quantitative estimate of drug-likeness (QED) is 0.579. The van der Waals surface area contributed by atoms with Crippen LogP contribution in [0.4, 0.5) is 9.59 Å². The van der Waals surface area contributed by atoms with E-state index in [1.54, 1.807) is 27.7 Å². The van der Waals surface area contributed by atoms with Gasteiger partial charge in [0.05, 0.1) is 13.2 Å². The van der Waals surface area contributed by atoms with Gasteiger partial charge < -0.3 is 19.1 Å². The number of benzene rings is 1. The van der Waals surface area contributed by atoms with Gasteiger partial charge in [-0.15, -0.1) is 0 Å². The van der Waals surface area contributed by atoms with E-state index in [-0.39, 0.29) is 32.8 Å². The van der Waals surface area contributed by atoms with Crippen molar-refractivity contribution in [2.45, 2.75) is 45.9 Å². The zero-order valence-electron chi connectivity index (χ0n) is 16.8. The lowest BCUT2D eigenvalue weighted by Crippen LogP contribution is -2.60. The molecule has 2 rings (SSSR count). The molecule has 0 N–H and O–H groups in total. The van der Waals surface area contributed by atoms with E-state index in [0.717, 1.165) is 5.56 Å². The fraction of sp³-hybridized carbons (Fsp3) is 0.550. The number of nitrogens with zero attached hydrogens (tertiary/aromatic N) is 2. The number of hydrogen-bond donors (Lipinski definition) is 0. The SMILES string of the molecule is CCOC(=O)[C@@H]1CN(C(=O)OCc2ccccc2)CCN1C(=O)OC(C)(C)C. The highest BCUT2D eigenvalue weighted by Gasteiger charge is 2.40. The maximum absolute atomic E-state index is 12.5. The van der Waals surface area contributed by atoms with Crippen LogP contribution >= 0.6 is 0 Å². The predicted octanol–water partition coefficient (Wildman–Crippen LogP) is 2.81. The summed E-state index contributed by atoms with van der Waals surface area (Å²) < 4.78 is 15.8. The lowest BCUT2D eigenvalue weighted by Gasteiger charge is -2.39. The Bertz CT molecular complexity index is 686. The van der Waals surface area contributed by atoms with Crippen molar-refractivity contribution in [1.82, 2.24) is 9.80 Å². The molecule has 154 valence electrons. The normalized spacial score (nSPS) is 17.1. The summed E-state index contributed by atoms with van der Waals surface area (Å²) in [7, 11) is 0. The van der Waals surface area contributed by atoms with E-state index in [9.17, 15) is 14.4 Å². The van der Waals surface area contributed by atoms with Crippen LogP contribution in [-0.4, -0.2) is 65.8 Å². The number of piperazine rings is 1. The minimum Gasteiger partial charge on any atom is -0.464 e. The highest BCUT2D eigenvalue weighted by Crippen LogP contribution is 2.18. The minimum absolute atomic E-state index is 0.00823. The highest BCUT2D eigenvalue weighted by atomic mass is 16.6. The van der Waals surface area contributed by atoms with Gasteiger partial charge in [0.2, 0.25) is 0 Å². The van der Waals surface area contributed by atoms with Crippen molar-refractivity contribution in [2.24, 2.45) is 0 Å². The molecule has 1 saturated heterocycles. The van der Waals surface area contributed by atoms with Crippen molar-refractivity contribution in [3.8, 4) is 0 Å². The molecule has 1 aromatic rings. The zero-order valence-corrected chi connectivity index (χ0v) is 16.8. The summed E-state index contributed by atoms with van der Waals surface area (Å²) in [6.45, 7) is 7.63. The molecule has 1 fully saturated rings. The molecular weight excluding hydrogens is 364 g/mol. The van der Waals surface area contributed by atoms with Crippen molar-refractivity contribution in [3.63, 3.8) is 0 Å². The monoisotopic (exact) mass is 392 g/mol. The molecule has 8 heteroatoms. The van der Waals surface area contributed by atoms with Crippen molar-refractivity contribution in [3.05, 3.63) is 35.9 Å². The summed E-state index contributed by atoms with van der Waals surface area (Å²) in [5, 5.41) is 0. The molecule has 1 atom stereocenters. The van der Waals surface area contributed by atoms with Crippen molar-refractivity contribution < 1.29 is 28.6 Å². The first-order valence-electron chi connectivity index (χ1n) is 9.33. The van der Waals surface area contributed by atoms with Crippen LogP contribution in [0.3, 0.4) is 0 Å². The standard InChI is InChI=1S/C20H28N2O6/c1-5-26-17(23)16-13-21(11-12-22(16)19(25)28-20(2,3)4)18(24)27-14-15-9-7-6-8-10-15/h6-10,16H,5,11-14H2,1-4H3/t16-/m0/s1. The predicted molar refractivity (Wildman–Crippen MR) is 102 cm³/mol. The van der Waals surface area contributed by atoms with E-state index in [1.807, 2.05) is 30.3 Å².